The number of nitrogens with one attached hydrogen (secondary N) is 1. The SMILES string of the molecule is O=C(Cn1ncc2ccccc2c1=O)NC(c1ccccc1)C1CC1. The van der Waals surface area contributed by atoms with Gasteiger partial charge in [0.05, 0.1) is 17.6 Å². The van der Waals surface area contributed by atoms with Crippen molar-refractivity contribution in [3.8, 4) is 0 Å². The highest BCUT2D eigenvalue weighted by Crippen LogP contribution is 2.40. The Morgan fingerprint density at radius 2 is 1.84 bits per heavy atom. The standard InChI is InChI=1S/C20H19N3O2/c24-18(22-19(15-10-11-15)14-6-2-1-3-7-14)13-23-20(25)17-9-5-4-8-16(17)12-21-23/h1-9,12,15,19H,10-11,13H2,(H,22,24). The second-order valence-corrected chi connectivity index (χ2v) is 6.49. The number of nitrogens with zero attached hydrogens (tertiary/aromatic N) is 2. The summed E-state index contributed by atoms with van der Waals surface area (Å²) in [7, 11) is 0. The Morgan fingerprint density at radius 3 is 2.60 bits per heavy atom. The molecule has 1 unspecified atom stereocenters. The molecule has 1 aromatic heterocycles. The van der Waals surface area contributed by atoms with E-state index >= 15 is 0 Å². The average molecular weight is 333 g/mol. The Balaban J connectivity index is 1.54. The summed E-state index contributed by atoms with van der Waals surface area (Å²) in [5, 5.41) is 8.57. The molecule has 0 radical (unpaired) electrons. The van der Waals surface area contributed by atoms with Crippen molar-refractivity contribution in [3.63, 3.8) is 0 Å². The van der Waals surface area contributed by atoms with Crippen LogP contribution >= 0.6 is 0 Å². The van der Waals surface area contributed by atoms with E-state index in [1.807, 2.05) is 48.5 Å². The first-order valence-electron chi connectivity index (χ1n) is 8.51. The molecule has 1 fully saturated rings. The summed E-state index contributed by atoms with van der Waals surface area (Å²) >= 11 is 0. The number of carbonyl (C=O) groups is 1. The van der Waals surface area contributed by atoms with E-state index < -0.39 is 0 Å². The zero-order valence-corrected chi connectivity index (χ0v) is 13.8. The number of aromatic nitrogens is 2. The van der Waals surface area contributed by atoms with E-state index in [0.717, 1.165) is 23.8 Å². The summed E-state index contributed by atoms with van der Waals surface area (Å²) in [5.41, 5.74) is 0.869. The lowest BCUT2D eigenvalue weighted by atomic mass is 10.0. The summed E-state index contributed by atoms with van der Waals surface area (Å²) in [6.45, 7) is -0.0697. The molecule has 1 atom stereocenters. The summed E-state index contributed by atoms with van der Waals surface area (Å²) < 4.78 is 1.23. The monoisotopic (exact) mass is 333 g/mol. The molecule has 1 aliphatic carbocycles. The van der Waals surface area contributed by atoms with Gasteiger partial charge in [-0.2, -0.15) is 5.10 Å². The van der Waals surface area contributed by atoms with Crippen molar-refractivity contribution in [1.29, 1.82) is 0 Å². The minimum Gasteiger partial charge on any atom is -0.347 e. The summed E-state index contributed by atoms with van der Waals surface area (Å²) in [4.78, 5) is 25.0. The van der Waals surface area contributed by atoms with Crippen LogP contribution in [0.5, 0.6) is 0 Å². The summed E-state index contributed by atoms with van der Waals surface area (Å²) in [6.07, 6.45) is 3.86. The van der Waals surface area contributed by atoms with E-state index in [1.54, 1.807) is 12.3 Å². The Hall–Kier alpha value is -2.95. The van der Waals surface area contributed by atoms with Crippen molar-refractivity contribution in [2.75, 3.05) is 0 Å². The Kier molecular flexibility index (Phi) is 4.06. The first kappa shape index (κ1) is 15.6. The van der Waals surface area contributed by atoms with Crippen molar-refractivity contribution >= 4 is 16.7 Å². The first-order valence-corrected chi connectivity index (χ1v) is 8.51. The zero-order chi connectivity index (χ0) is 17.2. The average Bonchev–Trinajstić information content (AvgIpc) is 3.48. The molecule has 1 saturated carbocycles. The molecule has 1 heterocycles. The number of rotatable bonds is 5. The predicted molar refractivity (Wildman–Crippen MR) is 96.1 cm³/mol. The number of amides is 1. The van der Waals surface area contributed by atoms with Gasteiger partial charge in [0.2, 0.25) is 5.91 Å². The van der Waals surface area contributed by atoms with Crippen molar-refractivity contribution in [2.24, 2.45) is 5.92 Å². The van der Waals surface area contributed by atoms with Crippen LogP contribution in [0.1, 0.15) is 24.4 Å². The third-order valence-electron chi connectivity index (χ3n) is 4.62. The summed E-state index contributed by atoms with van der Waals surface area (Å²) in [6, 6.07) is 17.3. The fraction of sp³-hybridized carbons (Fsp3) is 0.250. The maximum atomic E-state index is 12.5. The van der Waals surface area contributed by atoms with Crippen molar-refractivity contribution < 1.29 is 4.79 Å². The van der Waals surface area contributed by atoms with Gasteiger partial charge in [-0.3, -0.25) is 9.59 Å². The predicted octanol–water partition coefficient (Wildman–Crippen LogP) is 2.66. The van der Waals surface area contributed by atoms with Gasteiger partial charge in [-0.15, -0.1) is 0 Å². The maximum Gasteiger partial charge on any atom is 0.275 e. The molecule has 1 aliphatic rings. The molecular weight excluding hydrogens is 314 g/mol. The van der Waals surface area contributed by atoms with Crippen LogP contribution in [0.3, 0.4) is 0 Å². The Bertz CT molecular complexity index is 961. The van der Waals surface area contributed by atoms with Crippen molar-refractivity contribution in [1.82, 2.24) is 15.1 Å². The van der Waals surface area contributed by atoms with E-state index in [2.05, 4.69) is 10.4 Å². The quantitative estimate of drug-likeness (QED) is 0.781. The molecule has 1 amide bonds. The molecule has 0 aliphatic heterocycles. The highest BCUT2D eigenvalue weighted by molar-refractivity contribution is 5.81. The van der Waals surface area contributed by atoms with Gasteiger partial charge < -0.3 is 5.32 Å². The minimum atomic E-state index is -0.240. The molecule has 126 valence electrons. The smallest absolute Gasteiger partial charge is 0.275 e. The van der Waals surface area contributed by atoms with Crippen LogP contribution in [0, 0.1) is 5.92 Å². The molecule has 1 N–H and O–H groups in total. The van der Waals surface area contributed by atoms with Crippen molar-refractivity contribution in [3.05, 3.63) is 76.7 Å². The number of hydrogen-bond acceptors (Lipinski definition) is 3. The van der Waals surface area contributed by atoms with Gasteiger partial charge >= 0.3 is 0 Å². The molecule has 0 bridgehead atoms. The Morgan fingerprint density at radius 1 is 1.12 bits per heavy atom. The number of fused-ring (bicyclic) bond motifs is 1. The van der Waals surface area contributed by atoms with Gasteiger partial charge in [0.25, 0.3) is 5.56 Å². The normalized spacial score (nSPS) is 15.0. The molecule has 4 rings (SSSR count). The topological polar surface area (TPSA) is 64.0 Å². The highest BCUT2D eigenvalue weighted by atomic mass is 16.2. The van der Waals surface area contributed by atoms with Crippen LogP contribution in [0.15, 0.2) is 65.6 Å². The molecule has 0 spiro atoms. The number of hydrogen-bond donors (Lipinski definition) is 1. The largest absolute Gasteiger partial charge is 0.347 e. The summed E-state index contributed by atoms with van der Waals surface area (Å²) in [5.74, 6) is 0.290. The zero-order valence-electron chi connectivity index (χ0n) is 13.8. The van der Waals surface area contributed by atoms with Crippen LogP contribution in [-0.2, 0) is 11.3 Å². The lowest BCUT2D eigenvalue weighted by molar-refractivity contribution is -0.122. The third kappa shape index (κ3) is 3.31. The van der Waals surface area contributed by atoms with E-state index in [0.29, 0.717) is 11.3 Å². The van der Waals surface area contributed by atoms with Crippen LogP contribution in [0.4, 0.5) is 0 Å². The van der Waals surface area contributed by atoms with Gasteiger partial charge in [-0.25, -0.2) is 4.68 Å². The van der Waals surface area contributed by atoms with Crippen molar-refractivity contribution in [2.45, 2.75) is 25.4 Å². The van der Waals surface area contributed by atoms with Gasteiger partial charge in [-0.1, -0.05) is 48.5 Å². The van der Waals surface area contributed by atoms with Gasteiger partial charge in [0, 0.05) is 5.39 Å². The maximum absolute atomic E-state index is 12.5. The second-order valence-electron chi connectivity index (χ2n) is 6.49. The second kappa shape index (κ2) is 6.51. The highest BCUT2D eigenvalue weighted by Gasteiger charge is 2.33. The van der Waals surface area contributed by atoms with E-state index in [9.17, 15) is 9.59 Å². The van der Waals surface area contributed by atoms with Crippen LogP contribution in [0.25, 0.3) is 10.8 Å². The Labute approximate surface area is 145 Å². The molecule has 0 saturated heterocycles. The molecule has 2 aromatic carbocycles. The molecular formula is C20H19N3O2. The molecule has 3 aromatic rings. The number of benzene rings is 2. The van der Waals surface area contributed by atoms with Gasteiger partial charge in [0.1, 0.15) is 6.54 Å². The van der Waals surface area contributed by atoms with Gasteiger partial charge in [-0.05, 0) is 30.4 Å². The molecule has 5 nitrogen and oxygen atoms in total. The fourth-order valence-corrected chi connectivity index (χ4v) is 3.16. The third-order valence-corrected chi connectivity index (χ3v) is 4.62. The lowest BCUT2D eigenvalue weighted by Gasteiger charge is -2.19. The van der Waals surface area contributed by atoms with Crippen LogP contribution in [0.2, 0.25) is 0 Å². The minimum absolute atomic E-state index is 0.00450. The van der Waals surface area contributed by atoms with E-state index in [4.69, 9.17) is 0 Å². The molecule has 25 heavy (non-hydrogen) atoms. The van der Waals surface area contributed by atoms with E-state index in [-0.39, 0.29) is 24.1 Å². The number of carbonyl (C=O) groups excluding carboxylic acids is 1. The van der Waals surface area contributed by atoms with Crippen LogP contribution in [-0.4, -0.2) is 15.7 Å². The van der Waals surface area contributed by atoms with Gasteiger partial charge in [0.15, 0.2) is 0 Å². The lowest BCUT2D eigenvalue weighted by Crippen LogP contribution is -2.36. The molecule has 5 heteroatoms. The fourth-order valence-electron chi connectivity index (χ4n) is 3.16. The first-order chi connectivity index (χ1) is 12.2. The van der Waals surface area contributed by atoms with Crippen LogP contribution < -0.4 is 10.9 Å². The van der Waals surface area contributed by atoms with E-state index in [1.165, 1.54) is 4.68 Å².